The van der Waals surface area contributed by atoms with Crippen LogP contribution in [-0.2, 0) is 4.79 Å². The van der Waals surface area contributed by atoms with Crippen LogP contribution in [0.15, 0.2) is 24.3 Å². The largest absolute Gasteiger partial charge is 0.386 e. The molecule has 0 radical (unpaired) electrons. The molecule has 2 amide bonds. The first-order valence-electron chi connectivity index (χ1n) is 8.07. The molecule has 3 N–H and O–H groups in total. The van der Waals surface area contributed by atoms with Crippen molar-refractivity contribution in [3.05, 3.63) is 29.8 Å². The molecule has 124 valence electrons. The normalized spacial score (nSPS) is 29.1. The van der Waals surface area contributed by atoms with Crippen LogP contribution in [0.25, 0.3) is 0 Å². The molecule has 23 heavy (non-hydrogen) atoms. The van der Waals surface area contributed by atoms with Gasteiger partial charge in [0.1, 0.15) is 0 Å². The van der Waals surface area contributed by atoms with Gasteiger partial charge in [-0.3, -0.25) is 9.59 Å². The molecule has 0 aliphatic carbocycles. The van der Waals surface area contributed by atoms with E-state index in [1.54, 1.807) is 24.3 Å². The van der Waals surface area contributed by atoms with Crippen LogP contribution in [0.1, 0.15) is 30.1 Å². The van der Waals surface area contributed by atoms with Gasteiger partial charge in [0.25, 0.3) is 5.91 Å². The van der Waals surface area contributed by atoms with Crippen LogP contribution in [0.2, 0.25) is 0 Å². The van der Waals surface area contributed by atoms with Gasteiger partial charge in [-0.1, -0.05) is 0 Å². The minimum Gasteiger partial charge on any atom is -0.386 e. The highest BCUT2D eigenvalue weighted by molar-refractivity contribution is 5.95. The van der Waals surface area contributed by atoms with Crippen LogP contribution < -0.4 is 10.6 Å². The van der Waals surface area contributed by atoms with E-state index in [-0.39, 0.29) is 24.3 Å². The Hall–Kier alpha value is -1.92. The van der Waals surface area contributed by atoms with E-state index < -0.39 is 5.60 Å². The van der Waals surface area contributed by atoms with Crippen molar-refractivity contribution in [2.45, 2.75) is 25.4 Å². The highest BCUT2D eigenvalue weighted by atomic mass is 16.3. The minimum atomic E-state index is -0.817. The van der Waals surface area contributed by atoms with E-state index >= 15 is 0 Å². The van der Waals surface area contributed by atoms with Crippen molar-refractivity contribution in [1.29, 1.82) is 0 Å². The van der Waals surface area contributed by atoms with E-state index in [2.05, 4.69) is 15.5 Å². The molecule has 6 heteroatoms. The highest BCUT2D eigenvalue weighted by Crippen LogP contribution is 2.35. The summed E-state index contributed by atoms with van der Waals surface area (Å²) >= 11 is 0. The number of rotatable bonds is 4. The molecular weight excluding hydrogens is 294 g/mol. The van der Waals surface area contributed by atoms with Gasteiger partial charge in [-0.05, 0) is 56.1 Å². The quantitative estimate of drug-likeness (QED) is 0.768. The first-order valence-corrected chi connectivity index (χ1v) is 8.07. The van der Waals surface area contributed by atoms with Gasteiger partial charge >= 0.3 is 0 Å². The summed E-state index contributed by atoms with van der Waals surface area (Å²) in [6, 6.07) is 6.72. The van der Waals surface area contributed by atoms with Gasteiger partial charge in [0.15, 0.2) is 0 Å². The smallest absolute Gasteiger partial charge is 0.251 e. The zero-order valence-electron chi connectivity index (χ0n) is 13.3. The lowest BCUT2D eigenvalue weighted by Gasteiger charge is -2.50. The second kappa shape index (κ2) is 6.29. The molecule has 1 unspecified atom stereocenters. The molecule has 3 heterocycles. The average molecular weight is 317 g/mol. The van der Waals surface area contributed by atoms with Gasteiger partial charge in [0.05, 0.1) is 5.60 Å². The molecule has 6 nitrogen and oxygen atoms in total. The molecule has 1 atom stereocenters. The molecule has 3 aliphatic heterocycles. The molecule has 0 saturated carbocycles. The maximum atomic E-state index is 12.2. The molecular formula is C17H23N3O3. The SMILES string of the molecule is CC(=O)Nc1ccc(C(=O)NCC2(O)CN3CCC2CC3)cc1. The zero-order valence-corrected chi connectivity index (χ0v) is 13.3. The number of benzene rings is 1. The van der Waals surface area contributed by atoms with E-state index in [0.29, 0.717) is 17.8 Å². The van der Waals surface area contributed by atoms with Crippen LogP contribution >= 0.6 is 0 Å². The van der Waals surface area contributed by atoms with Crippen molar-refractivity contribution in [3.63, 3.8) is 0 Å². The third-order valence-electron chi connectivity index (χ3n) is 4.87. The van der Waals surface area contributed by atoms with Crippen LogP contribution in [-0.4, -0.2) is 53.6 Å². The number of amides is 2. The van der Waals surface area contributed by atoms with Crippen molar-refractivity contribution in [1.82, 2.24) is 10.2 Å². The Morgan fingerprint density at radius 1 is 1.26 bits per heavy atom. The highest BCUT2D eigenvalue weighted by Gasteiger charge is 2.45. The average Bonchev–Trinajstić information content (AvgIpc) is 2.54. The first kappa shape index (κ1) is 16.0. The van der Waals surface area contributed by atoms with Gasteiger partial charge in [-0.15, -0.1) is 0 Å². The standard InChI is InChI=1S/C17H23N3O3/c1-12(21)19-15-4-2-13(3-5-15)16(22)18-10-17(23)11-20-8-6-14(17)7-9-20/h2-5,14,23H,6-11H2,1H3,(H,18,22)(H,19,21). The first-order chi connectivity index (χ1) is 11.0. The van der Waals surface area contributed by atoms with E-state index in [9.17, 15) is 14.7 Å². The summed E-state index contributed by atoms with van der Waals surface area (Å²) in [5.74, 6) is -0.0778. The van der Waals surface area contributed by atoms with Crippen molar-refractivity contribution < 1.29 is 14.7 Å². The fourth-order valence-corrected chi connectivity index (χ4v) is 3.59. The number of fused-ring (bicyclic) bond motifs is 3. The molecule has 0 aromatic heterocycles. The lowest BCUT2D eigenvalue weighted by molar-refractivity contribution is -0.114. The number of nitrogens with one attached hydrogen (secondary N) is 2. The van der Waals surface area contributed by atoms with E-state index in [0.717, 1.165) is 25.9 Å². The Balaban J connectivity index is 1.58. The predicted octanol–water partition coefficient (Wildman–Crippen LogP) is 0.831. The molecule has 1 aromatic rings. The summed E-state index contributed by atoms with van der Waals surface area (Å²) in [7, 11) is 0. The monoisotopic (exact) mass is 317 g/mol. The van der Waals surface area contributed by atoms with Gasteiger partial charge in [-0.25, -0.2) is 0 Å². The molecule has 1 aromatic carbocycles. The molecule has 2 bridgehead atoms. The van der Waals surface area contributed by atoms with Crippen molar-refractivity contribution in [2.75, 3.05) is 31.5 Å². The number of hydrogen-bond acceptors (Lipinski definition) is 4. The number of piperidine rings is 3. The Bertz CT molecular complexity index is 594. The van der Waals surface area contributed by atoms with E-state index in [4.69, 9.17) is 0 Å². The van der Waals surface area contributed by atoms with Crippen LogP contribution in [0, 0.1) is 5.92 Å². The summed E-state index contributed by atoms with van der Waals surface area (Å²) < 4.78 is 0. The summed E-state index contributed by atoms with van der Waals surface area (Å²) in [5, 5.41) is 16.3. The summed E-state index contributed by atoms with van der Waals surface area (Å²) in [6.07, 6.45) is 2.00. The number of nitrogens with zero attached hydrogens (tertiary/aromatic N) is 1. The number of carbonyl (C=O) groups is 2. The molecule has 4 rings (SSSR count). The third-order valence-corrected chi connectivity index (χ3v) is 4.87. The van der Waals surface area contributed by atoms with Crippen molar-refractivity contribution >= 4 is 17.5 Å². The van der Waals surface area contributed by atoms with Crippen LogP contribution in [0.4, 0.5) is 5.69 Å². The third kappa shape index (κ3) is 3.54. The fourth-order valence-electron chi connectivity index (χ4n) is 3.59. The Morgan fingerprint density at radius 3 is 2.43 bits per heavy atom. The fraction of sp³-hybridized carbons (Fsp3) is 0.529. The van der Waals surface area contributed by atoms with Gasteiger partial charge in [0, 0.05) is 31.3 Å². The number of anilines is 1. The van der Waals surface area contributed by atoms with Gasteiger partial charge in [0.2, 0.25) is 5.91 Å². The topological polar surface area (TPSA) is 81.7 Å². The Labute approximate surface area is 135 Å². The Morgan fingerprint density at radius 2 is 1.91 bits per heavy atom. The van der Waals surface area contributed by atoms with E-state index in [1.807, 2.05) is 0 Å². The van der Waals surface area contributed by atoms with Crippen LogP contribution in [0.3, 0.4) is 0 Å². The lowest BCUT2D eigenvalue weighted by atomic mass is 9.75. The maximum absolute atomic E-state index is 12.2. The number of hydrogen-bond donors (Lipinski definition) is 3. The lowest BCUT2D eigenvalue weighted by Crippen LogP contribution is -2.63. The van der Waals surface area contributed by atoms with Crippen molar-refractivity contribution in [2.24, 2.45) is 5.92 Å². The van der Waals surface area contributed by atoms with Crippen LogP contribution in [0.5, 0.6) is 0 Å². The molecule has 3 aliphatic rings. The summed E-state index contributed by atoms with van der Waals surface area (Å²) in [4.78, 5) is 25.5. The minimum absolute atomic E-state index is 0.147. The van der Waals surface area contributed by atoms with Gasteiger partial charge < -0.3 is 20.6 Å². The Kier molecular flexibility index (Phi) is 4.37. The number of aliphatic hydroxyl groups is 1. The predicted molar refractivity (Wildman–Crippen MR) is 87.2 cm³/mol. The molecule has 3 fully saturated rings. The van der Waals surface area contributed by atoms with Crippen molar-refractivity contribution in [3.8, 4) is 0 Å². The van der Waals surface area contributed by atoms with E-state index in [1.165, 1.54) is 6.92 Å². The maximum Gasteiger partial charge on any atom is 0.251 e. The number of carbonyl (C=O) groups excluding carboxylic acids is 2. The molecule has 0 spiro atoms. The summed E-state index contributed by atoms with van der Waals surface area (Å²) in [6.45, 7) is 4.45. The van der Waals surface area contributed by atoms with Gasteiger partial charge in [-0.2, -0.15) is 0 Å². The molecule has 3 saturated heterocycles. The zero-order chi connectivity index (χ0) is 16.4. The summed E-state index contributed by atoms with van der Waals surface area (Å²) in [5.41, 5.74) is 0.358. The second-order valence-electron chi connectivity index (χ2n) is 6.60. The second-order valence-corrected chi connectivity index (χ2v) is 6.60.